The van der Waals surface area contributed by atoms with Crippen molar-refractivity contribution in [2.24, 2.45) is 5.73 Å². The zero-order chi connectivity index (χ0) is 43.8. The predicted molar refractivity (Wildman–Crippen MR) is 216 cm³/mol. The lowest BCUT2D eigenvalue weighted by Gasteiger charge is -2.21. The molecule has 0 aliphatic heterocycles. The number of nitrogens with one attached hydrogen (secondary N) is 7. The fourth-order valence-electron chi connectivity index (χ4n) is 3.97. The molecule has 0 spiro atoms. The lowest BCUT2D eigenvalue weighted by atomic mass is 10.1. The van der Waals surface area contributed by atoms with Crippen LogP contribution in [-0.2, 0) is 43.2 Å². The molecule has 0 aliphatic rings. The minimum absolute atomic E-state index is 0.0122. The van der Waals surface area contributed by atoms with Crippen molar-refractivity contribution in [1.82, 2.24) is 37.2 Å². The fraction of sp³-hybridized carbons (Fsp3) is 0.543. The van der Waals surface area contributed by atoms with Crippen molar-refractivity contribution >= 4 is 84.2 Å². The van der Waals surface area contributed by atoms with E-state index in [-0.39, 0.29) is 48.7 Å². The summed E-state index contributed by atoms with van der Waals surface area (Å²) in [5.74, 6) is -6.62. The Morgan fingerprint density at radius 1 is 0.842 bits per heavy atom. The van der Waals surface area contributed by atoms with Crippen LogP contribution in [0.2, 0.25) is 0 Å². The Labute approximate surface area is 342 Å². The molecule has 1 rings (SSSR count). The van der Waals surface area contributed by atoms with E-state index < -0.39 is 66.2 Å². The first-order valence-electron chi connectivity index (χ1n) is 17.8. The van der Waals surface area contributed by atoms with Crippen LogP contribution in [0.4, 0.5) is 0 Å². The second-order valence-corrected chi connectivity index (χ2v) is 13.0. The number of unbranched alkanes of at least 4 members (excludes halogenated alkanes) is 1. The molecular formula is C35H56N8O12S2. The molecule has 5 atom stereocenters. The Balaban J connectivity index is 0. The van der Waals surface area contributed by atoms with Crippen LogP contribution < -0.4 is 43.0 Å². The number of aliphatic carboxylic acids is 3. The van der Waals surface area contributed by atoms with Gasteiger partial charge in [-0.05, 0) is 45.3 Å². The van der Waals surface area contributed by atoms with E-state index in [9.17, 15) is 43.2 Å². The van der Waals surface area contributed by atoms with Crippen molar-refractivity contribution < 1.29 is 58.5 Å². The van der Waals surface area contributed by atoms with Crippen LogP contribution in [0.15, 0.2) is 30.3 Å². The molecule has 0 saturated heterocycles. The maximum Gasteiger partial charge on any atom is 0.327 e. The highest BCUT2D eigenvalue weighted by Gasteiger charge is 2.29. The molecule has 20 nitrogen and oxygen atoms in total. The van der Waals surface area contributed by atoms with E-state index in [0.29, 0.717) is 32.1 Å². The van der Waals surface area contributed by atoms with E-state index >= 15 is 0 Å². The second kappa shape index (κ2) is 32.9. The number of benzene rings is 1. The standard InChI is InChI=1S/C15H27N3O4S.C13H21N5O8S.C7H8/c1-3-4-9-16-13(20)7-5-11(2)17-15(23)18-12(10-19)6-8-14(21)22;14-6(2-16-9(20)3-15-5-19)11(23)17-7(1-10(21)22)12(24)18-8(4-27)13(25)26;1-7-5-3-2-4-6-7/h10-12H,3-9H2,1-2H3,(H,16,20)(H,21,22)(H2,17,18,23);5-8,27H,1-4,14H2,(H,15,19)(H,16,20)(H,17,23)(H,18,24)(H,21,22)(H,25,26);2-6H,1H3/t;6?,7?,8-;/m.0./s1. The first-order chi connectivity index (χ1) is 26.9. The van der Waals surface area contributed by atoms with Crippen LogP contribution in [0.5, 0.6) is 0 Å². The Morgan fingerprint density at radius 2 is 1.47 bits per heavy atom. The van der Waals surface area contributed by atoms with Gasteiger partial charge in [0.25, 0.3) is 0 Å². The van der Waals surface area contributed by atoms with Crippen LogP contribution in [0.25, 0.3) is 0 Å². The number of carboxylic acids is 3. The first kappa shape index (κ1) is 53.8. The number of carboxylic acid groups (broad SMARTS) is 3. The van der Waals surface area contributed by atoms with Gasteiger partial charge in [0.1, 0.15) is 24.4 Å². The molecule has 0 saturated carbocycles. The molecule has 0 heterocycles. The summed E-state index contributed by atoms with van der Waals surface area (Å²) in [6.45, 7) is 6.06. The largest absolute Gasteiger partial charge is 0.481 e. The molecule has 320 valence electrons. The number of hydrogen-bond acceptors (Lipinski definition) is 12. The van der Waals surface area contributed by atoms with Crippen molar-refractivity contribution in [1.29, 1.82) is 0 Å². The van der Waals surface area contributed by atoms with Gasteiger partial charge >= 0.3 is 17.9 Å². The van der Waals surface area contributed by atoms with Gasteiger partial charge in [-0.25, -0.2) is 4.79 Å². The normalized spacial score (nSPS) is 12.6. The van der Waals surface area contributed by atoms with Gasteiger partial charge in [-0.3, -0.25) is 33.6 Å². The lowest BCUT2D eigenvalue weighted by Crippen LogP contribution is -2.57. The molecule has 22 heteroatoms. The van der Waals surface area contributed by atoms with Gasteiger partial charge in [-0.2, -0.15) is 12.6 Å². The Bertz CT molecular complexity index is 1440. The van der Waals surface area contributed by atoms with Crippen LogP contribution in [0.3, 0.4) is 0 Å². The van der Waals surface area contributed by atoms with Gasteiger partial charge in [-0.15, -0.1) is 0 Å². The van der Waals surface area contributed by atoms with Gasteiger partial charge in [0.05, 0.1) is 19.0 Å². The van der Waals surface area contributed by atoms with E-state index in [2.05, 4.69) is 70.5 Å². The van der Waals surface area contributed by atoms with Gasteiger partial charge in [-0.1, -0.05) is 49.2 Å². The molecule has 4 unspecified atom stereocenters. The zero-order valence-electron chi connectivity index (χ0n) is 32.2. The minimum atomic E-state index is -1.59. The highest BCUT2D eigenvalue weighted by molar-refractivity contribution is 7.80. The molecule has 5 amide bonds. The van der Waals surface area contributed by atoms with Gasteiger partial charge in [0.2, 0.25) is 30.0 Å². The van der Waals surface area contributed by atoms with Crippen molar-refractivity contribution in [3.05, 3.63) is 35.9 Å². The topological polar surface area (TPSA) is 325 Å². The van der Waals surface area contributed by atoms with Crippen LogP contribution >= 0.6 is 24.8 Å². The summed E-state index contributed by atoms with van der Waals surface area (Å²) in [5, 5.41) is 43.7. The average Bonchev–Trinajstić information content (AvgIpc) is 3.15. The average molecular weight is 845 g/mol. The molecule has 0 aliphatic carbocycles. The molecule has 0 aromatic heterocycles. The number of rotatable bonds is 25. The highest BCUT2D eigenvalue weighted by atomic mass is 32.1. The minimum Gasteiger partial charge on any atom is -0.481 e. The SMILES string of the molecule is CCCCNC(=O)CCC(C)NC(=S)NC(C=O)CCC(=O)O.Cc1ccccc1.NC(CNC(=O)CNC=O)C(=O)NC(CC(=O)O)C(=O)N[C@@H](CS)C(=O)O. The van der Waals surface area contributed by atoms with Crippen molar-refractivity contribution in [2.75, 3.05) is 25.4 Å². The van der Waals surface area contributed by atoms with Crippen molar-refractivity contribution in [3.8, 4) is 0 Å². The maximum absolute atomic E-state index is 12.1. The number of nitrogens with two attached hydrogens (primary N) is 1. The fourth-order valence-corrected chi connectivity index (χ4v) is 4.57. The number of hydrogen-bond donors (Lipinski definition) is 12. The molecule has 12 N–H and O–H groups in total. The Kier molecular flexibility index (Phi) is 31.0. The molecular weight excluding hydrogens is 789 g/mol. The van der Waals surface area contributed by atoms with Crippen molar-refractivity contribution in [3.63, 3.8) is 0 Å². The maximum atomic E-state index is 12.1. The van der Waals surface area contributed by atoms with Crippen LogP contribution in [0, 0.1) is 6.92 Å². The summed E-state index contributed by atoms with van der Waals surface area (Å²) in [7, 11) is 0. The van der Waals surface area contributed by atoms with Gasteiger partial charge in [0, 0.05) is 37.7 Å². The molecule has 0 bridgehead atoms. The predicted octanol–water partition coefficient (Wildman–Crippen LogP) is -1.40. The number of aryl methyl sites for hydroxylation is 1. The molecule has 0 fully saturated rings. The molecule has 1 aromatic carbocycles. The monoisotopic (exact) mass is 844 g/mol. The summed E-state index contributed by atoms with van der Waals surface area (Å²) in [5.41, 5.74) is 6.87. The highest BCUT2D eigenvalue weighted by Crippen LogP contribution is 2.00. The lowest BCUT2D eigenvalue weighted by molar-refractivity contribution is -0.143. The number of aldehydes is 1. The van der Waals surface area contributed by atoms with Gasteiger partial charge in [0.15, 0.2) is 5.11 Å². The third-order valence-corrected chi connectivity index (χ3v) is 7.74. The van der Waals surface area contributed by atoms with Crippen LogP contribution in [-0.4, -0.2) is 130 Å². The van der Waals surface area contributed by atoms with E-state index in [1.54, 1.807) is 0 Å². The number of thiol groups is 1. The van der Waals surface area contributed by atoms with Crippen LogP contribution in [0.1, 0.15) is 64.4 Å². The number of carbonyl (C=O) groups is 9. The van der Waals surface area contributed by atoms with E-state index in [1.165, 1.54) is 5.56 Å². The Morgan fingerprint density at radius 3 is 1.96 bits per heavy atom. The van der Waals surface area contributed by atoms with E-state index in [4.69, 9.17) is 33.3 Å². The van der Waals surface area contributed by atoms with E-state index in [1.807, 2.05) is 30.4 Å². The third-order valence-electron chi connectivity index (χ3n) is 7.14. The summed E-state index contributed by atoms with van der Waals surface area (Å²) < 4.78 is 0. The second-order valence-electron chi connectivity index (χ2n) is 12.2. The summed E-state index contributed by atoms with van der Waals surface area (Å²) in [6.07, 6.45) is 3.21. The van der Waals surface area contributed by atoms with Gasteiger partial charge < -0.3 is 63.1 Å². The number of thiocarbonyl (C=S) groups is 1. The smallest absolute Gasteiger partial charge is 0.327 e. The summed E-state index contributed by atoms with van der Waals surface area (Å²) in [6, 6.07) is 5.31. The van der Waals surface area contributed by atoms with Crippen molar-refractivity contribution in [2.45, 2.75) is 95.9 Å². The molecule has 1 aromatic rings. The Hall–Kier alpha value is -5.35. The first-order valence-corrected chi connectivity index (χ1v) is 18.8. The molecule has 57 heavy (non-hydrogen) atoms. The molecule has 0 radical (unpaired) electrons. The summed E-state index contributed by atoms with van der Waals surface area (Å²) >= 11 is 8.84. The zero-order valence-corrected chi connectivity index (χ0v) is 33.9. The number of amides is 5. The quantitative estimate of drug-likeness (QED) is 0.0233. The third kappa shape index (κ3) is 30.5. The van der Waals surface area contributed by atoms with E-state index in [0.717, 1.165) is 12.8 Å². The number of carbonyl (C=O) groups excluding carboxylic acids is 6. The summed E-state index contributed by atoms with van der Waals surface area (Å²) in [4.78, 5) is 100.